The Labute approximate surface area is 105 Å². The standard InChI is InChI=1S/C11H13N3O3S/c1-17-10-4-2-9(3-5-10)6-7-18(15,16)11-8-12-14-13-11/h2-5,8H,6-7H2,1H3,(H,12,13,14). The van der Waals surface area contributed by atoms with E-state index in [0.29, 0.717) is 6.42 Å². The van der Waals surface area contributed by atoms with Gasteiger partial charge in [0, 0.05) is 0 Å². The van der Waals surface area contributed by atoms with Crippen LogP contribution < -0.4 is 4.74 Å². The number of H-pyrrole nitrogens is 1. The zero-order valence-electron chi connectivity index (χ0n) is 9.83. The third-order valence-electron chi connectivity index (χ3n) is 2.53. The fourth-order valence-corrected chi connectivity index (χ4v) is 2.60. The minimum atomic E-state index is -3.37. The molecule has 0 unspecified atom stereocenters. The minimum absolute atomic E-state index is 0.00582. The number of nitrogens with zero attached hydrogens (tertiary/aromatic N) is 2. The van der Waals surface area contributed by atoms with Crippen molar-refractivity contribution in [2.45, 2.75) is 11.4 Å². The topological polar surface area (TPSA) is 84.9 Å². The van der Waals surface area contributed by atoms with Gasteiger partial charge < -0.3 is 4.74 Å². The lowest BCUT2D eigenvalue weighted by molar-refractivity contribution is 0.414. The molecule has 0 aliphatic heterocycles. The van der Waals surface area contributed by atoms with Crippen LogP contribution in [0.2, 0.25) is 0 Å². The summed E-state index contributed by atoms with van der Waals surface area (Å²) in [5.41, 5.74) is 0.933. The van der Waals surface area contributed by atoms with Gasteiger partial charge in [0.2, 0.25) is 0 Å². The summed E-state index contributed by atoms with van der Waals surface area (Å²) in [7, 11) is -1.78. The number of rotatable bonds is 5. The first-order valence-electron chi connectivity index (χ1n) is 5.33. The number of aromatic amines is 1. The molecular weight excluding hydrogens is 254 g/mol. The molecule has 2 rings (SSSR count). The van der Waals surface area contributed by atoms with E-state index in [2.05, 4.69) is 15.4 Å². The number of benzene rings is 1. The van der Waals surface area contributed by atoms with Crippen LogP contribution in [-0.2, 0) is 16.3 Å². The summed E-state index contributed by atoms with van der Waals surface area (Å²) >= 11 is 0. The van der Waals surface area contributed by atoms with E-state index in [1.54, 1.807) is 19.2 Å². The number of aryl methyl sites for hydroxylation is 1. The number of hydrogen-bond donors (Lipinski definition) is 1. The molecule has 0 amide bonds. The van der Waals surface area contributed by atoms with Crippen LogP contribution in [-0.4, -0.2) is 36.7 Å². The number of hydrogen-bond acceptors (Lipinski definition) is 5. The van der Waals surface area contributed by atoms with Gasteiger partial charge in [0.05, 0.1) is 19.1 Å². The maximum Gasteiger partial charge on any atom is 0.199 e. The smallest absolute Gasteiger partial charge is 0.199 e. The number of methoxy groups -OCH3 is 1. The van der Waals surface area contributed by atoms with Gasteiger partial charge in [0.1, 0.15) is 5.75 Å². The van der Waals surface area contributed by atoms with Crippen molar-refractivity contribution < 1.29 is 13.2 Å². The molecule has 0 aliphatic carbocycles. The molecule has 1 heterocycles. The van der Waals surface area contributed by atoms with Crippen LogP contribution in [0.3, 0.4) is 0 Å². The summed E-state index contributed by atoms with van der Waals surface area (Å²) in [6.45, 7) is 0. The van der Waals surface area contributed by atoms with Crippen LogP contribution in [0.15, 0.2) is 35.5 Å². The lowest BCUT2D eigenvalue weighted by atomic mass is 10.2. The van der Waals surface area contributed by atoms with E-state index in [4.69, 9.17) is 4.74 Å². The molecule has 0 saturated carbocycles. The maximum atomic E-state index is 11.8. The van der Waals surface area contributed by atoms with Crippen molar-refractivity contribution in [3.63, 3.8) is 0 Å². The third kappa shape index (κ3) is 2.86. The molecule has 0 saturated heterocycles. The Morgan fingerprint density at radius 3 is 2.56 bits per heavy atom. The lowest BCUT2D eigenvalue weighted by Gasteiger charge is -2.03. The van der Waals surface area contributed by atoms with E-state index in [0.717, 1.165) is 11.3 Å². The van der Waals surface area contributed by atoms with Crippen molar-refractivity contribution in [1.29, 1.82) is 0 Å². The Bertz CT molecular complexity index is 591. The first-order valence-corrected chi connectivity index (χ1v) is 6.98. The SMILES string of the molecule is COc1ccc(CCS(=O)(=O)c2cn[nH]n2)cc1. The average molecular weight is 267 g/mol. The predicted molar refractivity (Wildman–Crippen MR) is 65.1 cm³/mol. The van der Waals surface area contributed by atoms with Crippen molar-refractivity contribution in [2.24, 2.45) is 0 Å². The maximum absolute atomic E-state index is 11.8. The molecule has 6 nitrogen and oxygen atoms in total. The molecular formula is C11H13N3O3S. The normalized spacial score (nSPS) is 11.4. The largest absolute Gasteiger partial charge is 0.497 e. The molecule has 18 heavy (non-hydrogen) atoms. The molecule has 0 radical (unpaired) electrons. The quantitative estimate of drug-likeness (QED) is 0.867. The van der Waals surface area contributed by atoms with E-state index in [1.165, 1.54) is 6.20 Å². The van der Waals surface area contributed by atoms with E-state index >= 15 is 0 Å². The Kier molecular flexibility index (Phi) is 3.61. The molecule has 0 spiro atoms. The highest BCUT2D eigenvalue weighted by Crippen LogP contribution is 2.13. The van der Waals surface area contributed by atoms with Crippen LogP contribution >= 0.6 is 0 Å². The first-order chi connectivity index (χ1) is 8.62. The molecule has 0 bridgehead atoms. The van der Waals surface area contributed by atoms with Gasteiger partial charge in [-0.05, 0) is 24.1 Å². The van der Waals surface area contributed by atoms with Gasteiger partial charge >= 0.3 is 0 Å². The summed E-state index contributed by atoms with van der Waals surface area (Å²) < 4.78 is 28.7. The second-order valence-corrected chi connectivity index (χ2v) is 5.78. The van der Waals surface area contributed by atoms with E-state index in [1.807, 2.05) is 12.1 Å². The summed E-state index contributed by atoms with van der Waals surface area (Å²) in [4.78, 5) is 0. The van der Waals surface area contributed by atoms with Gasteiger partial charge in [-0.1, -0.05) is 12.1 Å². The van der Waals surface area contributed by atoms with Gasteiger partial charge in [0.15, 0.2) is 14.9 Å². The molecule has 0 aliphatic rings. The zero-order chi connectivity index (χ0) is 13.0. The molecule has 2 aromatic rings. The highest BCUT2D eigenvalue weighted by molar-refractivity contribution is 7.91. The fourth-order valence-electron chi connectivity index (χ4n) is 1.49. The first kappa shape index (κ1) is 12.6. The van der Waals surface area contributed by atoms with Crippen molar-refractivity contribution in [3.05, 3.63) is 36.0 Å². The van der Waals surface area contributed by atoms with E-state index in [9.17, 15) is 8.42 Å². The van der Waals surface area contributed by atoms with Crippen molar-refractivity contribution in [3.8, 4) is 5.75 Å². The Hall–Kier alpha value is -1.89. The Balaban J connectivity index is 2.03. The number of nitrogens with one attached hydrogen (secondary N) is 1. The van der Waals surface area contributed by atoms with Crippen LogP contribution in [0.25, 0.3) is 0 Å². The minimum Gasteiger partial charge on any atom is -0.497 e. The molecule has 96 valence electrons. The van der Waals surface area contributed by atoms with Gasteiger partial charge in [-0.3, -0.25) is 0 Å². The second kappa shape index (κ2) is 5.18. The van der Waals surface area contributed by atoms with Crippen LogP contribution in [0, 0.1) is 0 Å². The molecule has 0 atom stereocenters. The number of aromatic nitrogens is 3. The Morgan fingerprint density at radius 1 is 1.28 bits per heavy atom. The van der Waals surface area contributed by atoms with E-state index in [-0.39, 0.29) is 10.8 Å². The second-order valence-electron chi connectivity index (χ2n) is 3.73. The van der Waals surface area contributed by atoms with Crippen molar-refractivity contribution in [1.82, 2.24) is 15.4 Å². The van der Waals surface area contributed by atoms with Crippen LogP contribution in [0.5, 0.6) is 5.75 Å². The van der Waals surface area contributed by atoms with Crippen molar-refractivity contribution >= 4 is 9.84 Å². The molecule has 1 aromatic carbocycles. The summed E-state index contributed by atoms with van der Waals surface area (Å²) in [5, 5.41) is 9.35. The van der Waals surface area contributed by atoms with Gasteiger partial charge in [-0.15, -0.1) is 5.10 Å². The summed E-state index contributed by atoms with van der Waals surface area (Å²) in [6, 6.07) is 7.30. The van der Waals surface area contributed by atoms with Crippen LogP contribution in [0.1, 0.15) is 5.56 Å². The number of sulfone groups is 1. The highest BCUT2D eigenvalue weighted by Gasteiger charge is 2.17. The summed E-state index contributed by atoms with van der Waals surface area (Å²) in [5.74, 6) is 0.754. The zero-order valence-corrected chi connectivity index (χ0v) is 10.6. The van der Waals surface area contributed by atoms with Gasteiger partial charge in [-0.2, -0.15) is 10.3 Å². The monoisotopic (exact) mass is 267 g/mol. The van der Waals surface area contributed by atoms with Gasteiger partial charge in [0.25, 0.3) is 0 Å². The predicted octanol–water partition coefficient (Wildman–Crippen LogP) is 0.830. The average Bonchev–Trinajstić information content (AvgIpc) is 2.92. The highest BCUT2D eigenvalue weighted by atomic mass is 32.2. The summed E-state index contributed by atoms with van der Waals surface area (Å²) in [6.07, 6.45) is 1.64. The molecule has 7 heteroatoms. The third-order valence-corrected chi connectivity index (χ3v) is 4.11. The van der Waals surface area contributed by atoms with Crippen LogP contribution in [0.4, 0.5) is 0 Å². The Morgan fingerprint density at radius 2 is 2.00 bits per heavy atom. The fraction of sp³-hybridized carbons (Fsp3) is 0.273. The molecule has 1 aromatic heterocycles. The van der Waals surface area contributed by atoms with E-state index < -0.39 is 9.84 Å². The molecule has 0 fully saturated rings. The molecule has 1 N–H and O–H groups in total. The van der Waals surface area contributed by atoms with Gasteiger partial charge in [-0.25, -0.2) is 8.42 Å². The van der Waals surface area contributed by atoms with Crippen molar-refractivity contribution in [2.75, 3.05) is 12.9 Å². The lowest BCUT2D eigenvalue weighted by Crippen LogP contribution is -2.09. The number of ether oxygens (including phenoxy) is 1.